The van der Waals surface area contributed by atoms with E-state index in [9.17, 15) is 14.7 Å². The van der Waals surface area contributed by atoms with E-state index in [1.807, 2.05) is 51.1 Å². The van der Waals surface area contributed by atoms with E-state index >= 15 is 4.79 Å². The van der Waals surface area contributed by atoms with E-state index in [0.717, 1.165) is 11.1 Å². The summed E-state index contributed by atoms with van der Waals surface area (Å²) in [7, 11) is 0. The minimum atomic E-state index is -1.58. The van der Waals surface area contributed by atoms with Crippen molar-refractivity contribution in [3.8, 4) is 0 Å². The number of Topliss-reactive ketones (excluding diaryl/α,β-unsaturated/α-hetero) is 1. The normalized spacial score (nSPS) is 41.1. The Labute approximate surface area is 252 Å². The van der Waals surface area contributed by atoms with Crippen LogP contribution in [0.25, 0.3) is 0 Å². The van der Waals surface area contributed by atoms with Gasteiger partial charge in [-0.15, -0.1) is 0 Å². The van der Waals surface area contributed by atoms with E-state index in [1.165, 1.54) is 6.92 Å². The predicted molar refractivity (Wildman–Crippen MR) is 151 cm³/mol. The molecule has 2 heterocycles. The number of carbonyl (C=O) groups excluding carboxylic acids is 3. The quantitative estimate of drug-likeness (QED) is 0.393. The third-order valence-corrected chi connectivity index (χ3v) is 10.7. The fraction of sp³-hybridized carbons (Fsp3) is 0.667. The number of hydrogen-bond donors (Lipinski definition) is 1. The molecule has 1 unspecified atom stereocenters. The molecule has 2 saturated heterocycles. The van der Waals surface area contributed by atoms with Gasteiger partial charge < -0.3 is 33.5 Å². The Hall–Kier alpha value is -2.79. The summed E-state index contributed by atoms with van der Waals surface area (Å²) in [4.78, 5) is 41.1. The Morgan fingerprint density at radius 1 is 1.09 bits per heavy atom. The average molecular weight is 599 g/mol. The van der Waals surface area contributed by atoms with Crippen LogP contribution in [-0.4, -0.2) is 71.0 Å². The second-order valence-corrected chi connectivity index (χ2v) is 14.1. The number of ketones is 1. The molecule has 2 saturated carbocycles. The summed E-state index contributed by atoms with van der Waals surface area (Å²) in [5.41, 5.74) is -2.70. The fourth-order valence-electron chi connectivity index (χ4n) is 9.01. The van der Waals surface area contributed by atoms with E-state index in [4.69, 9.17) is 28.4 Å². The fourth-order valence-corrected chi connectivity index (χ4v) is 9.01. The van der Waals surface area contributed by atoms with Crippen molar-refractivity contribution in [2.75, 3.05) is 6.61 Å². The highest BCUT2D eigenvalue weighted by molar-refractivity contribution is 5.95. The van der Waals surface area contributed by atoms with E-state index in [0.29, 0.717) is 18.4 Å². The van der Waals surface area contributed by atoms with Crippen LogP contribution in [-0.2, 0) is 44.6 Å². The summed E-state index contributed by atoms with van der Waals surface area (Å²) in [5.74, 6) is -3.00. The lowest BCUT2D eigenvalue weighted by atomic mass is 9.45. The highest BCUT2D eigenvalue weighted by Gasteiger charge is 2.78. The van der Waals surface area contributed by atoms with Crippen LogP contribution in [0.5, 0.6) is 0 Å². The molecule has 1 aromatic rings. The molecule has 10 nitrogen and oxygen atoms in total. The largest absolute Gasteiger partial charge is 0.509 e. The zero-order valence-electron chi connectivity index (χ0n) is 25.9. The lowest BCUT2D eigenvalue weighted by molar-refractivity contribution is -0.272. The van der Waals surface area contributed by atoms with Crippen LogP contribution < -0.4 is 0 Å². The molecule has 0 amide bonds. The van der Waals surface area contributed by atoms with Crippen LogP contribution in [0, 0.1) is 16.7 Å². The van der Waals surface area contributed by atoms with Crippen molar-refractivity contribution >= 4 is 17.9 Å². The van der Waals surface area contributed by atoms with Gasteiger partial charge in [0.2, 0.25) is 0 Å². The van der Waals surface area contributed by atoms with Crippen LogP contribution in [0.2, 0.25) is 0 Å². The molecule has 234 valence electrons. The standard InChI is InChI=1S/C33H42O10/c1-18-13-14-33-27(41-28(37)42-33)24-31(7,25(36)23(40-19(2)34)22(18)29(33,3)4)26(38-16-20-11-9-8-10-12-20)21(35)15-32(24)17-39-30(5,6)43-32/h8-12,21,23-24,26-27,35H,13-17H2,1-7H3/t21?,23-,24+,26+,27+,31-,32-,33-/m1/s1. The molecule has 4 fully saturated rings. The van der Waals surface area contributed by atoms with Crippen LogP contribution in [0.4, 0.5) is 4.79 Å². The molecule has 6 rings (SSSR count). The smallest absolute Gasteiger partial charge is 0.450 e. The summed E-state index contributed by atoms with van der Waals surface area (Å²) in [6.45, 7) is 12.4. The number of aliphatic hydroxyl groups excluding tert-OH is 1. The minimum Gasteiger partial charge on any atom is -0.450 e. The van der Waals surface area contributed by atoms with Gasteiger partial charge in [-0.2, -0.15) is 0 Å². The first-order chi connectivity index (χ1) is 20.1. The third-order valence-electron chi connectivity index (χ3n) is 10.7. The van der Waals surface area contributed by atoms with Crippen molar-refractivity contribution in [2.24, 2.45) is 16.7 Å². The first-order valence-corrected chi connectivity index (χ1v) is 15.1. The van der Waals surface area contributed by atoms with Gasteiger partial charge in [0.05, 0.1) is 30.8 Å². The molecule has 5 aliphatic rings. The summed E-state index contributed by atoms with van der Waals surface area (Å²) in [6.07, 6.45) is -4.34. The van der Waals surface area contributed by atoms with Gasteiger partial charge in [-0.05, 0) is 51.7 Å². The second-order valence-electron chi connectivity index (χ2n) is 14.1. The van der Waals surface area contributed by atoms with Crippen molar-refractivity contribution < 1.29 is 47.9 Å². The van der Waals surface area contributed by atoms with Gasteiger partial charge in [0.1, 0.15) is 5.60 Å². The topological polar surface area (TPSA) is 127 Å². The maximum atomic E-state index is 15.3. The minimum absolute atomic E-state index is 0.0422. The van der Waals surface area contributed by atoms with Gasteiger partial charge in [0.25, 0.3) is 0 Å². The van der Waals surface area contributed by atoms with Crippen molar-refractivity contribution in [2.45, 2.75) is 116 Å². The SMILES string of the molecule is CC(=O)O[C@H]1C(=O)[C@@]2(C)[C@H]([C@@H]3OC(=O)O[C@]34CCC(C)=C1C4(C)C)[C@]1(COC(C)(C)O1)CC(O)[C@@H]2OCc1ccccc1. The van der Waals surface area contributed by atoms with Gasteiger partial charge in [-0.3, -0.25) is 9.59 Å². The molecule has 0 aromatic heterocycles. The number of hydrogen-bond acceptors (Lipinski definition) is 10. The number of esters is 1. The number of ether oxygens (including phenoxy) is 6. The van der Waals surface area contributed by atoms with Gasteiger partial charge in [-0.1, -0.05) is 49.8 Å². The molecule has 2 spiro atoms. The van der Waals surface area contributed by atoms with Crippen LogP contribution in [0.15, 0.2) is 41.5 Å². The van der Waals surface area contributed by atoms with E-state index < -0.39 is 76.1 Å². The van der Waals surface area contributed by atoms with E-state index in [2.05, 4.69) is 0 Å². The highest BCUT2D eigenvalue weighted by atomic mass is 16.8. The van der Waals surface area contributed by atoms with Crippen LogP contribution >= 0.6 is 0 Å². The molecule has 43 heavy (non-hydrogen) atoms. The van der Waals surface area contributed by atoms with E-state index in [1.54, 1.807) is 20.8 Å². The number of allylic oxidation sites excluding steroid dienone is 1. The molecule has 2 bridgehead atoms. The first-order valence-electron chi connectivity index (χ1n) is 15.1. The molecule has 3 aliphatic carbocycles. The Balaban J connectivity index is 1.61. The van der Waals surface area contributed by atoms with Crippen LogP contribution in [0.1, 0.15) is 73.3 Å². The Morgan fingerprint density at radius 2 is 1.79 bits per heavy atom. The molecular weight excluding hydrogens is 556 g/mol. The predicted octanol–water partition coefficient (Wildman–Crippen LogP) is 4.41. The highest BCUT2D eigenvalue weighted by Crippen LogP contribution is 2.66. The molecule has 0 radical (unpaired) electrons. The van der Waals surface area contributed by atoms with Crippen molar-refractivity contribution in [3.05, 3.63) is 47.0 Å². The van der Waals surface area contributed by atoms with Crippen molar-refractivity contribution in [1.82, 2.24) is 0 Å². The number of benzene rings is 1. The molecule has 10 heteroatoms. The molecule has 2 aliphatic heterocycles. The second kappa shape index (κ2) is 9.86. The van der Waals surface area contributed by atoms with Gasteiger partial charge >= 0.3 is 12.1 Å². The Kier molecular flexibility index (Phi) is 6.93. The summed E-state index contributed by atoms with van der Waals surface area (Å²) in [6, 6.07) is 9.47. The lowest BCUT2D eigenvalue weighted by Crippen LogP contribution is -2.75. The third kappa shape index (κ3) is 4.31. The lowest BCUT2D eigenvalue weighted by Gasteiger charge is -2.62. The molecule has 1 aromatic carbocycles. The first kappa shape index (κ1) is 30.2. The monoisotopic (exact) mass is 598 g/mol. The Morgan fingerprint density at radius 3 is 2.42 bits per heavy atom. The zero-order valence-corrected chi connectivity index (χ0v) is 25.9. The molecule has 8 atom stereocenters. The van der Waals surface area contributed by atoms with Gasteiger partial charge in [-0.25, -0.2) is 4.79 Å². The number of fused-ring (bicyclic) bond motifs is 4. The summed E-state index contributed by atoms with van der Waals surface area (Å²) >= 11 is 0. The van der Waals surface area contributed by atoms with Crippen LogP contribution in [0.3, 0.4) is 0 Å². The number of carbonyl (C=O) groups is 3. The zero-order chi connectivity index (χ0) is 31.2. The summed E-state index contributed by atoms with van der Waals surface area (Å²) in [5, 5.41) is 11.9. The van der Waals surface area contributed by atoms with E-state index in [-0.39, 0.29) is 19.6 Å². The van der Waals surface area contributed by atoms with Gasteiger partial charge in [0.15, 0.2) is 29.4 Å². The number of aliphatic hydroxyl groups is 1. The van der Waals surface area contributed by atoms with Crippen molar-refractivity contribution in [1.29, 1.82) is 0 Å². The van der Waals surface area contributed by atoms with Gasteiger partial charge in [0, 0.05) is 24.7 Å². The molecular formula is C33H42O10. The average Bonchev–Trinajstić information content (AvgIpc) is 3.41. The maximum absolute atomic E-state index is 15.3. The molecule has 1 N–H and O–H groups in total. The number of rotatable bonds is 4. The Bertz CT molecular complexity index is 1370. The van der Waals surface area contributed by atoms with Crippen molar-refractivity contribution in [3.63, 3.8) is 0 Å². The summed E-state index contributed by atoms with van der Waals surface area (Å²) < 4.78 is 37.5. The maximum Gasteiger partial charge on any atom is 0.509 e.